The molecule has 0 radical (unpaired) electrons. The van der Waals surface area contributed by atoms with Crippen molar-refractivity contribution in [2.75, 3.05) is 13.2 Å². The van der Waals surface area contributed by atoms with Gasteiger partial charge in [-0.1, -0.05) is 30.3 Å². The van der Waals surface area contributed by atoms with Gasteiger partial charge in [0, 0.05) is 18.5 Å². The Hall–Kier alpha value is -2.37. The zero-order valence-electron chi connectivity index (χ0n) is 13.1. The van der Waals surface area contributed by atoms with Crippen molar-refractivity contribution >= 4 is 5.91 Å². The van der Waals surface area contributed by atoms with Crippen molar-refractivity contribution in [1.29, 1.82) is 0 Å². The molecule has 2 aliphatic heterocycles. The molecule has 1 amide bonds. The number of hydrogen-bond acceptors (Lipinski definition) is 5. The Labute approximate surface area is 134 Å². The molecular formula is C17H19N3O3. The van der Waals surface area contributed by atoms with E-state index >= 15 is 0 Å². The number of para-hydroxylation sites is 1. The predicted molar refractivity (Wildman–Crippen MR) is 82.0 cm³/mol. The molecule has 0 unspecified atom stereocenters. The fraction of sp³-hybridized carbons (Fsp3) is 0.471. The van der Waals surface area contributed by atoms with Gasteiger partial charge in [-0.15, -0.1) is 0 Å². The number of fused-ring (bicyclic) bond motifs is 1. The van der Waals surface area contributed by atoms with Gasteiger partial charge in [0.05, 0.1) is 6.04 Å². The van der Waals surface area contributed by atoms with E-state index < -0.39 is 0 Å². The van der Waals surface area contributed by atoms with Gasteiger partial charge in [0.15, 0.2) is 5.82 Å². The minimum absolute atomic E-state index is 0.0840. The van der Waals surface area contributed by atoms with Crippen LogP contribution in [-0.2, 0) is 11.2 Å². The summed E-state index contributed by atoms with van der Waals surface area (Å²) in [5.41, 5.74) is 0.977. The first-order valence-corrected chi connectivity index (χ1v) is 8.12. The maximum absolute atomic E-state index is 13.0. The number of aryl methyl sites for hydroxylation is 1. The lowest BCUT2D eigenvalue weighted by Gasteiger charge is -2.25. The molecule has 23 heavy (non-hydrogen) atoms. The van der Waals surface area contributed by atoms with Crippen LogP contribution in [0.4, 0.5) is 0 Å². The van der Waals surface area contributed by atoms with Gasteiger partial charge in [-0.2, -0.15) is 4.98 Å². The standard InChI is InChI=1S/C17H19N3O3/c1-2-15-18-16(19-23-15)13-7-5-9-20(13)17(21)12-10-22-14-8-4-3-6-11(12)14/h3-4,6,8,12-13H,2,5,7,9-10H2,1H3/t12-,13-/m0/s1. The zero-order chi connectivity index (χ0) is 15.8. The maximum Gasteiger partial charge on any atom is 0.234 e. The number of benzene rings is 1. The lowest BCUT2D eigenvalue weighted by molar-refractivity contribution is -0.134. The Morgan fingerprint density at radius 1 is 1.39 bits per heavy atom. The maximum atomic E-state index is 13.0. The summed E-state index contributed by atoms with van der Waals surface area (Å²) in [4.78, 5) is 19.3. The summed E-state index contributed by atoms with van der Waals surface area (Å²) < 4.78 is 10.9. The highest BCUT2D eigenvalue weighted by molar-refractivity contribution is 5.86. The van der Waals surface area contributed by atoms with Crippen molar-refractivity contribution in [3.8, 4) is 5.75 Å². The largest absolute Gasteiger partial charge is 0.492 e. The van der Waals surface area contributed by atoms with Gasteiger partial charge in [-0.05, 0) is 18.9 Å². The number of rotatable bonds is 3. The van der Waals surface area contributed by atoms with Crippen LogP contribution in [0.25, 0.3) is 0 Å². The van der Waals surface area contributed by atoms with Crippen LogP contribution in [0.5, 0.6) is 5.75 Å². The van der Waals surface area contributed by atoms with E-state index in [0.29, 0.717) is 24.7 Å². The quantitative estimate of drug-likeness (QED) is 0.870. The second-order valence-electron chi connectivity index (χ2n) is 5.99. The monoisotopic (exact) mass is 313 g/mol. The minimum Gasteiger partial charge on any atom is -0.492 e. The van der Waals surface area contributed by atoms with Gasteiger partial charge >= 0.3 is 0 Å². The lowest BCUT2D eigenvalue weighted by atomic mass is 9.99. The van der Waals surface area contributed by atoms with Crippen LogP contribution in [0, 0.1) is 0 Å². The van der Waals surface area contributed by atoms with Crippen LogP contribution in [0.2, 0.25) is 0 Å². The number of likely N-dealkylation sites (tertiary alicyclic amines) is 1. The molecule has 3 heterocycles. The Bertz CT molecular complexity index is 727. The number of nitrogens with zero attached hydrogens (tertiary/aromatic N) is 3. The van der Waals surface area contributed by atoms with E-state index in [2.05, 4.69) is 10.1 Å². The summed E-state index contributed by atoms with van der Waals surface area (Å²) in [5.74, 6) is 1.92. The van der Waals surface area contributed by atoms with E-state index in [9.17, 15) is 4.79 Å². The van der Waals surface area contributed by atoms with Crippen molar-refractivity contribution in [3.05, 3.63) is 41.5 Å². The molecular weight excluding hydrogens is 294 g/mol. The van der Waals surface area contributed by atoms with Gasteiger partial charge in [0.2, 0.25) is 11.8 Å². The molecule has 4 rings (SSSR count). The van der Waals surface area contributed by atoms with Crippen LogP contribution in [0.1, 0.15) is 49.0 Å². The molecule has 0 spiro atoms. The molecule has 1 saturated heterocycles. The molecule has 0 saturated carbocycles. The summed E-state index contributed by atoms with van der Waals surface area (Å²) in [7, 11) is 0. The third-order valence-corrected chi connectivity index (χ3v) is 4.62. The smallest absolute Gasteiger partial charge is 0.234 e. The summed E-state index contributed by atoms with van der Waals surface area (Å²) >= 11 is 0. The van der Waals surface area contributed by atoms with Crippen LogP contribution in [-0.4, -0.2) is 34.1 Å². The SMILES string of the molecule is CCc1nc([C@@H]2CCCN2C(=O)[C@H]2COc3ccccc32)no1. The fourth-order valence-electron chi connectivity index (χ4n) is 3.41. The van der Waals surface area contributed by atoms with Gasteiger partial charge in [-0.25, -0.2) is 0 Å². The molecule has 6 heteroatoms. The Morgan fingerprint density at radius 3 is 3.09 bits per heavy atom. The Morgan fingerprint density at radius 2 is 2.26 bits per heavy atom. The Balaban J connectivity index is 1.58. The summed E-state index contributed by atoms with van der Waals surface area (Å²) in [6, 6.07) is 7.67. The number of carbonyl (C=O) groups excluding carboxylic acids is 1. The number of carbonyl (C=O) groups is 1. The molecule has 0 bridgehead atoms. The van der Waals surface area contributed by atoms with Gasteiger partial charge in [-0.3, -0.25) is 4.79 Å². The summed E-state index contributed by atoms with van der Waals surface area (Å²) in [6.45, 7) is 3.12. The van der Waals surface area contributed by atoms with Gasteiger partial charge in [0.25, 0.3) is 0 Å². The predicted octanol–water partition coefficient (Wildman–Crippen LogP) is 2.47. The average molecular weight is 313 g/mol. The molecule has 2 aromatic rings. The normalized spacial score (nSPS) is 22.9. The van der Waals surface area contributed by atoms with Crippen molar-refractivity contribution in [1.82, 2.24) is 15.0 Å². The first-order valence-electron chi connectivity index (χ1n) is 8.12. The fourth-order valence-corrected chi connectivity index (χ4v) is 3.41. The highest BCUT2D eigenvalue weighted by Crippen LogP contribution is 2.38. The molecule has 2 atom stereocenters. The molecule has 0 aliphatic carbocycles. The second kappa shape index (κ2) is 5.68. The van der Waals surface area contributed by atoms with Crippen LogP contribution < -0.4 is 4.74 Å². The van der Waals surface area contributed by atoms with E-state index in [1.165, 1.54) is 0 Å². The number of hydrogen-bond donors (Lipinski definition) is 0. The van der Waals surface area contributed by atoms with E-state index in [1.807, 2.05) is 36.1 Å². The third kappa shape index (κ3) is 2.38. The van der Waals surface area contributed by atoms with Crippen molar-refractivity contribution in [3.63, 3.8) is 0 Å². The molecule has 1 fully saturated rings. The van der Waals surface area contributed by atoms with E-state index in [0.717, 1.165) is 30.7 Å². The molecule has 2 aliphatic rings. The topological polar surface area (TPSA) is 68.5 Å². The summed E-state index contributed by atoms with van der Waals surface area (Å²) in [5, 5.41) is 4.06. The molecule has 6 nitrogen and oxygen atoms in total. The number of amides is 1. The first-order chi connectivity index (χ1) is 11.3. The highest BCUT2D eigenvalue weighted by Gasteiger charge is 2.39. The minimum atomic E-state index is -0.232. The Kier molecular flexibility index (Phi) is 3.52. The van der Waals surface area contributed by atoms with E-state index in [-0.39, 0.29) is 17.9 Å². The van der Waals surface area contributed by atoms with Crippen LogP contribution in [0.15, 0.2) is 28.8 Å². The van der Waals surface area contributed by atoms with E-state index in [1.54, 1.807) is 0 Å². The number of ether oxygens (including phenoxy) is 1. The number of aromatic nitrogens is 2. The average Bonchev–Trinajstić information content (AvgIpc) is 3.31. The van der Waals surface area contributed by atoms with Crippen molar-refractivity contribution < 1.29 is 14.1 Å². The third-order valence-electron chi connectivity index (χ3n) is 4.62. The van der Waals surface area contributed by atoms with Crippen molar-refractivity contribution in [2.45, 2.75) is 38.1 Å². The van der Waals surface area contributed by atoms with Crippen LogP contribution in [0.3, 0.4) is 0 Å². The van der Waals surface area contributed by atoms with E-state index in [4.69, 9.17) is 9.26 Å². The molecule has 1 aromatic carbocycles. The lowest BCUT2D eigenvalue weighted by Crippen LogP contribution is -2.35. The first kappa shape index (κ1) is 14.2. The summed E-state index contributed by atoms with van der Waals surface area (Å²) in [6.07, 6.45) is 2.54. The van der Waals surface area contributed by atoms with Gasteiger partial charge in [0.1, 0.15) is 18.3 Å². The molecule has 0 N–H and O–H groups in total. The second-order valence-corrected chi connectivity index (χ2v) is 5.99. The molecule has 120 valence electrons. The molecule has 1 aromatic heterocycles. The highest BCUT2D eigenvalue weighted by atomic mass is 16.5. The van der Waals surface area contributed by atoms with Gasteiger partial charge < -0.3 is 14.2 Å². The van der Waals surface area contributed by atoms with Crippen LogP contribution >= 0.6 is 0 Å². The zero-order valence-corrected chi connectivity index (χ0v) is 13.1. The van der Waals surface area contributed by atoms with Crippen molar-refractivity contribution in [2.24, 2.45) is 0 Å².